The van der Waals surface area contributed by atoms with E-state index in [1.54, 1.807) is 12.1 Å². The zero-order valence-corrected chi connectivity index (χ0v) is 11.5. The van der Waals surface area contributed by atoms with E-state index in [0.717, 1.165) is 10.5 Å². The molecule has 0 radical (unpaired) electrons. The maximum atomic E-state index is 13.4. The van der Waals surface area contributed by atoms with Gasteiger partial charge in [-0.2, -0.15) is 0 Å². The molecule has 0 fully saturated rings. The average molecular weight is 330 g/mol. The van der Waals surface area contributed by atoms with Gasteiger partial charge < -0.3 is 5.32 Å². The zero-order valence-electron chi connectivity index (χ0n) is 9.89. The molecule has 2 aromatic rings. The van der Waals surface area contributed by atoms with Crippen molar-refractivity contribution in [2.75, 3.05) is 0 Å². The molecule has 1 nitrogen and oxygen atoms in total. The summed E-state index contributed by atoms with van der Waals surface area (Å²) in [6, 6.07) is 8.02. The van der Waals surface area contributed by atoms with Crippen LogP contribution in [-0.4, -0.2) is 0 Å². The summed E-state index contributed by atoms with van der Waals surface area (Å²) in [4.78, 5) is 0. The fourth-order valence-electron chi connectivity index (χ4n) is 1.68. The Labute approximate surface area is 117 Å². The minimum atomic E-state index is -0.612. The summed E-state index contributed by atoms with van der Waals surface area (Å²) in [5.41, 5.74) is 0.827. The third-order valence-corrected chi connectivity index (χ3v) is 3.15. The molecule has 0 atom stereocenters. The van der Waals surface area contributed by atoms with Crippen LogP contribution in [0.2, 0.25) is 0 Å². The minimum absolute atomic E-state index is 0.206. The smallest absolute Gasteiger partial charge is 0.130 e. The Morgan fingerprint density at radius 1 is 0.842 bits per heavy atom. The van der Waals surface area contributed by atoms with Gasteiger partial charge in [-0.25, -0.2) is 13.2 Å². The second-order valence-electron chi connectivity index (χ2n) is 4.08. The van der Waals surface area contributed by atoms with Gasteiger partial charge in [0.15, 0.2) is 0 Å². The Hall–Kier alpha value is -1.33. The van der Waals surface area contributed by atoms with Gasteiger partial charge in [-0.3, -0.25) is 0 Å². The van der Waals surface area contributed by atoms with Crippen LogP contribution >= 0.6 is 15.9 Å². The quantitative estimate of drug-likeness (QED) is 0.888. The number of nitrogens with one attached hydrogen (secondary N) is 1. The van der Waals surface area contributed by atoms with Crippen molar-refractivity contribution in [1.29, 1.82) is 0 Å². The van der Waals surface area contributed by atoms with Crippen LogP contribution in [0.25, 0.3) is 0 Å². The highest BCUT2D eigenvalue weighted by atomic mass is 79.9. The fourth-order valence-corrected chi connectivity index (χ4v) is 2.08. The first kappa shape index (κ1) is 14.1. The molecule has 0 aliphatic rings. The van der Waals surface area contributed by atoms with Gasteiger partial charge in [0.2, 0.25) is 0 Å². The third-order valence-electron chi connectivity index (χ3n) is 2.65. The van der Waals surface area contributed by atoms with E-state index in [1.807, 2.05) is 0 Å². The summed E-state index contributed by atoms with van der Waals surface area (Å²) in [6.07, 6.45) is 0. The number of benzene rings is 2. The van der Waals surface area contributed by atoms with Crippen LogP contribution in [0.1, 0.15) is 11.1 Å². The van der Waals surface area contributed by atoms with Crippen molar-refractivity contribution in [1.82, 2.24) is 5.32 Å². The summed E-state index contributed by atoms with van der Waals surface area (Å²) >= 11 is 3.26. The predicted molar refractivity (Wildman–Crippen MR) is 71.0 cm³/mol. The van der Waals surface area contributed by atoms with Gasteiger partial charge in [0, 0.05) is 34.8 Å². The van der Waals surface area contributed by atoms with Crippen molar-refractivity contribution < 1.29 is 13.2 Å². The molecule has 0 heterocycles. The van der Waals surface area contributed by atoms with Crippen molar-refractivity contribution in [3.63, 3.8) is 0 Å². The van der Waals surface area contributed by atoms with Crippen molar-refractivity contribution in [3.05, 3.63) is 69.4 Å². The van der Waals surface area contributed by atoms with Crippen LogP contribution in [0.5, 0.6) is 0 Å². The first-order chi connectivity index (χ1) is 9.06. The van der Waals surface area contributed by atoms with Gasteiger partial charge in [-0.15, -0.1) is 0 Å². The molecule has 0 aliphatic heterocycles. The lowest BCUT2D eigenvalue weighted by atomic mass is 10.2. The van der Waals surface area contributed by atoms with Crippen LogP contribution in [0.4, 0.5) is 13.2 Å². The molecule has 0 spiro atoms. The van der Waals surface area contributed by atoms with Gasteiger partial charge in [0.25, 0.3) is 0 Å². The SMILES string of the molecule is Fc1ccc(CNCc2cc(Br)ccc2F)c(F)c1. The minimum Gasteiger partial charge on any atom is -0.308 e. The van der Waals surface area contributed by atoms with E-state index in [1.165, 1.54) is 18.2 Å². The summed E-state index contributed by atoms with van der Waals surface area (Å²) in [7, 11) is 0. The van der Waals surface area contributed by atoms with E-state index < -0.39 is 11.6 Å². The predicted octanol–water partition coefficient (Wildman–Crippen LogP) is 4.16. The van der Waals surface area contributed by atoms with Crippen LogP contribution in [0.3, 0.4) is 0 Å². The molecule has 2 aromatic carbocycles. The molecule has 1 N–H and O–H groups in total. The van der Waals surface area contributed by atoms with Gasteiger partial charge in [0.1, 0.15) is 17.5 Å². The zero-order chi connectivity index (χ0) is 13.8. The van der Waals surface area contributed by atoms with Crippen molar-refractivity contribution in [2.24, 2.45) is 0 Å². The van der Waals surface area contributed by atoms with Crippen LogP contribution in [0, 0.1) is 17.5 Å². The van der Waals surface area contributed by atoms with E-state index in [2.05, 4.69) is 21.2 Å². The number of hydrogen-bond acceptors (Lipinski definition) is 1. The van der Waals surface area contributed by atoms with Crippen molar-refractivity contribution in [2.45, 2.75) is 13.1 Å². The van der Waals surface area contributed by atoms with Crippen molar-refractivity contribution in [3.8, 4) is 0 Å². The van der Waals surface area contributed by atoms with Crippen LogP contribution < -0.4 is 5.32 Å². The summed E-state index contributed by atoms with van der Waals surface area (Å²) in [5.74, 6) is -1.54. The van der Waals surface area contributed by atoms with Gasteiger partial charge in [0.05, 0.1) is 0 Å². The van der Waals surface area contributed by atoms with Crippen LogP contribution in [0.15, 0.2) is 40.9 Å². The highest BCUT2D eigenvalue weighted by Gasteiger charge is 2.05. The largest absolute Gasteiger partial charge is 0.308 e. The third kappa shape index (κ3) is 3.81. The molecule has 0 saturated carbocycles. The molecular weight excluding hydrogens is 319 g/mol. The normalized spacial score (nSPS) is 10.7. The Kier molecular flexibility index (Phi) is 4.61. The lowest BCUT2D eigenvalue weighted by molar-refractivity contribution is 0.553. The molecule has 5 heteroatoms. The molecular formula is C14H11BrF3N. The number of rotatable bonds is 4. The average Bonchev–Trinajstić information content (AvgIpc) is 2.36. The Balaban J connectivity index is 1.98. The highest BCUT2D eigenvalue weighted by molar-refractivity contribution is 9.10. The first-order valence-electron chi connectivity index (χ1n) is 5.65. The maximum absolute atomic E-state index is 13.4. The molecule has 0 aromatic heterocycles. The summed E-state index contributed by atoms with van der Waals surface area (Å²) in [5, 5.41) is 2.92. The molecule has 0 bridgehead atoms. The lowest BCUT2D eigenvalue weighted by Gasteiger charge is -2.07. The topological polar surface area (TPSA) is 12.0 Å². The monoisotopic (exact) mass is 329 g/mol. The summed E-state index contributed by atoms with van der Waals surface area (Å²) < 4.78 is 40.3. The van der Waals surface area contributed by atoms with Crippen LogP contribution in [-0.2, 0) is 13.1 Å². The maximum Gasteiger partial charge on any atom is 0.130 e. The molecule has 0 amide bonds. The standard InChI is InChI=1S/C14H11BrF3N/c15-11-2-4-13(17)10(5-11)8-19-7-9-1-3-12(16)6-14(9)18/h1-6,19H,7-8H2. The van der Waals surface area contributed by atoms with Gasteiger partial charge in [-0.1, -0.05) is 22.0 Å². The Morgan fingerprint density at radius 2 is 1.58 bits per heavy atom. The van der Waals surface area contributed by atoms with Crippen molar-refractivity contribution >= 4 is 15.9 Å². The highest BCUT2D eigenvalue weighted by Crippen LogP contribution is 2.16. The molecule has 0 unspecified atom stereocenters. The van der Waals surface area contributed by atoms with E-state index >= 15 is 0 Å². The summed E-state index contributed by atoms with van der Waals surface area (Å²) in [6.45, 7) is 0.472. The first-order valence-corrected chi connectivity index (χ1v) is 6.44. The number of hydrogen-bond donors (Lipinski definition) is 1. The fraction of sp³-hybridized carbons (Fsp3) is 0.143. The Bertz CT molecular complexity index is 587. The van der Waals surface area contributed by atoms with E-state index in [-0.39, 0.29) is 18.9 Å². The Morgan fingerprint density at radius 3 is 2.32 bits per heavy atom. The second kappa shape index (κ2) is 6.21. The van der Waals surface area contributed by atoms with Gasteiger partial charge in [-0.05, 0) is 24.3 Å². The molecule has 0 aliphatic carbocycles. The lowest BCUT2D eigenvalue weighted by Crippen LogP contribution is -2.14. The van der Waals surface area contributed by atoms with E-state index in [0.29, 0.717) is 11.1 Å². The van der Waals surface area contributed by atoms with E-state index in [9.17, 15) is 13.2 Å². The molecule has 100 valence electrons. The second-order valence-corrected chi connectivity index (χ2v) is 4.99. The van der Waals surface area contributed by atoms with E-state index in [4.69, 9.17) is 0 Å². The van der Waals surface area contributed by atoms with Gasteiger partial charge >= 0.3 is 0 Å². The molecule has 2 rings (SSSR count). The number of halogens is 4. The molecule has 19 heavy (non-hydrogen) atoms. The molecule has 0 saturated heterocycles.